The van der Waals surface area contributed by atoms with Crippen molar-refractivity contribution in [2.24, 2.45) is 11.8 Å². The standard InChI is InChI=1S/C18H38N2O/c1-4-7-12-16(5-2)15-17(20-19)18(21-6-3)13-10-8-9-11-14-18/h16-17,20H,4-15,19H2,1-3H3. The lowest BCUT2D eigenvalue weighted by Gasteiger charge is -2.41. The number of rotatable bonds is 10. The number of hydrazine groups is 1. The highest BCUT2D eigenvalue weighted by atomic mass is 16.5. The fraction of sp³-hybridized carbons (Fsp3) is 1.00. The van der Waals surface area contributed by atoms with Crippen LogP contribution in [0.15, 0.2) is 0 Å². The topological polar surface area (TPSA) is 47.3 Å². The third-order valence-corrected chi connectivity index (χ3v) is 5.33. The maximum Gasteiger partial charge on any atom is 0.0848 e. The van der Waals surface area contributed by atoms with Gasteiger partial charge in [-0.3, -0.25) is 11.3 Å². The van der Waals surface area contributed by atoms with Crippen molar-refractivity contribution >= 4 is 0 Å². The normalized spacial score (nSPS) is 21.7. The lowest BCUT2D eigenvalue weighted by atomic mass is 9.79. The van der Waals surface area contributed by atoms with Crippen LogP contribution in [-0.4, -0.2) is 18.2 Å². The van der Waals surface area contributed by atoms with E-state index in [9.17, 15) is 0 Å². The number of unbranched alkanes of at least 4 members (excludes halogenated alkanes) is 1. The molecule has 0 bridgehead atoms. The number of hydrogen-bond acceptors (Lipinski definition) is 3. The van der Waals surface area contributed by atoms with E-state index in [2.05, 4.69) is 26.2 Å². The van der Waals surface area contributed by atoms with Gasteiger partial charge in [0, 0.05) is 6.61 Å². The van der Waals surface area contributed by atoms with Gasteiger partial charge in [-0.05, 0) is 32.1 Å². The van der Waals surface area contributed by atoms with Crippen LogP contribution in [0.2, 0.25) is 0 Å². The molecule has 0 aromatic rings. The van der Waals surface area contributed by atoms with Gasteiger partial charge in [-0.25, -0.2) is 0 Å². The Labute approximate surface area is 132 Å². The Morgan fingerprint density at radius 1 is 1.10 bits per heavy atom. The first-order chi connectivity index (χ1) is 10.2. The van der Waals surface area contributed by atoms with Gasteiger partial charge in [0.05, 0.1) is 11.6 Å². The van der Waals surface area contributed by atoms with Crippen molar-refractivity contribution in [2.75, 3.05) is 6.61 Å². The second kappa shape index (κ2) is 10.6. The number of hydrogen-bond donors (Lipinski definition) is 2. The monoisotopic (exact) mass is 298 g/mol. The zero-order valence-corrected chi connectivity index (χ0v) is 14.6. The molecule has 0 saturated heterocycles. The molecule has 0 aliphatic heterocycles. The zero-order valence-electron chi connectivity index (χ0n) is 14.6. The van der Waals surface area contributed by atoms with Crippen molar-refractivity contribution in [3.63, 3.8) is 0 Å². The fourth-order valence-corrected chi connectivity index (χ4v) is 3.96. The Morgan fingerprint density at radius 2 is 1.76 bits per heavy atom. The summed E-state index contributed by atoms with van der Waals surface area (Å²) < 4.78 is 6.31. The molecule has 3 nitrogen and oxygen atoms in total. The van der Waals surface area contributed by atoms with Gasteiger partial charge in [0.25, 0.3) is 0 Å². The van der Waals surface area contributed by atoms with Gasteiger partial charge in [-0.2, -0.15) is 0 Å². The molecule has 0 heterocycles. The summed E-state index contributed by atoms with van der Waals surface area (Å²) in [6.07, 6.45) is 13.9. The minimum atomic E-state index is -0.0281. The predicted molar refractivity (Wildman–Crippen MR) is 91.1 cm³/mol. The van der Waals surface area contributed by atoms with Crippen molar-refractivity contribution in [1.29, 1.82) is 0 Å². The van der Waals surface area contributed by atoms with E-state index in [1.54, 1.807) is 0 Å². The largest absolute Gasteiger partial charge is 0.374 e. The minimum Gasteiger partial charge on any atom is -0.374 e. The third kappa shape index (κ3) is 5.88. The molecule has 3 heteroatoms. The molecule has 1 aliphatic carbocycles. The van der Waals surface area contributed by atoms with Crippen LogP contribution >= 0.6 is 0 Å². The smallest absolute Gasteiger partial charge is 0.0848 e. The Balaban J connectivity index is 2.74. The Hall–Kier alpha value is -0.120. The Morgan fingerprint density at radius 3 is 2.24 bits per heavy atom. The van der Waals surface area contributed by atoms with Gasteiger partial charge >= 0.3 is 0 Å². The second-order valence-corrected chi connectivity index (χ2v) is 6.78. The van der Waals surface area contributed by atoms with Crippen LogP contribution < -0.4 is 11.3 Å². The first kappa shape index (κ1) is 18.9. The average Bonchev–Trinajstić information content (AvgIpc) is 2.74. The van der Waals surface area contributed by atoms with E-state index in [-0.39, 0.29) is 5.60 Å². The average molecular weight is 299 g/mol. The van der Waals surface area contributed by atoms with Crippen LogP contribution in [-0.2, 0) is 4.74 Å². The Bertz CT molecular complexity index is 250. The molecule has 2 unspecified atom stereocenters. The first-order valence-corrected chi connectivity index (χ1v) is 9.32. The van der Waals surface area contributed by atoms with Crippen molar-refractivity contribution in [3.8, 4) is 0 Å². The maximum absolute atomic E-state index is 6.31. The summed E-state index contributed by atoms with van der Waals surface area (Å²) in [6.45, 7) is 7.51. The Kier molecular flexibility index (Phi) is 9.54. The van der Waals surface area contributed by atoms with Crippen LogP contribution in [0.1, 0.15) is 91.4 Å². The van der Waals surface area contributed by atoms with Crippen molar-refractivity contribution < 1.29 is 4.74 Å². The molecule has 1 aliphatic rings. The van der Waals surface area contributed by atoms with Crippen molar-refractivity contribution in [2.45, 2.75) is 103 Å². The molecule has 0 amide bonds. The maximum atomic E-state index is 6.31. The lowest BCUT2D eigenvalue weighted by molar-refractivity contribution is -0.0820. The molecule has 2 atom stereocenters. The van der Waals surface area contributed by atoms with Crippen LogP contribution in [0.4, 0.5) is 0 Å². The molecule has 0 aromatic carbocycles. The van der Waals surface area contributed by atoms with E-state index in [1.807, 2.05) is 0 Å². The molecular formula is C18H38N2O. The molecule has 21 heavy (non-hydrogen) atoms. The summed E-state index contributed by atoms with van der Waals surface area (Å²) in [7, 11) is 0. The molecule has 1 fully saturated rings. The molecule has 1 rings (SSSR count). The minimum absolute atomic E-state index is 0.0281. The summed E-state index contributed by atoms with van der Waals surface area (Å²) in [5.74, 6) is 6.74. The molecule has 1 saturated carbocycles. The van der Waals surface area contributed by atoms with E-state index < -0.39 is 0 Å². The van der Waals surface area contributed by atoms with Crippen LogP contribution in [0, 0.1) is 5.92 Å². The van der Waals surface area contributed by atoms with Crippen molar-refractivity contribution in [3.05, 3.63) is 0 Å². The molecule has 0 spiro atoms. The molecular weight excluding hydrogens is 260 g/mol. The SMILES string of the molecule is CCCCC(CC)CC(NN)C1(OCC)CCCCCC1. The summed E-state index contributed by atoms with van der Waals surface area (Å²) in [5.41, 5.74) is 3.11. The highest BCUT2D eigenvalue weighted by molar-refractivity contribution is 4.94. The third-order valence-electron chi connectivity index (χ3n) is 5.33. The number of ether oxygens (including phenoxy) is 1. The second-order valence-electron chi connectivity index (χ2n) is 6.78. The predicted octanol–water partition coefficient (Wildman–Crippen LogP) is 4.55. The van der Waals surface area contributed by atoms with Crippen molar-refractivity contribution in [1.82, 2.24) is 5.43 Å². The summed E-state index contributed by atoms with van der Waals surface area (Å²) >= 11 is 0. The van der Waals surface area contributed by atoms with E-state index in [4.69, 9.17) is 10.6 Å². The van der Waals surface area contributed by atoms with Gasteiger partial charge < -0.3 is 4.74 Å². The highest BCUT2D eigenvalue weighted by Crippen LogP contribution is 2.36. The van der Waals surface area contributed by atoms with E-state index in [1.165, 1.54) is 64.2 Å². The number of nitrogens with two attached hydrogens (primary N) is 1. The zero-order chi connectivity index (χ0) is 15.6. The van der Waals surface area contributed by atoms with Gasteiger partial charge in [0.2, 0.25) is 0 Å². The van der Waals surface area contributed by atoms with Crippen LogP contribution in [0.3, 0.4) is 0 Å². The van der Waals surface area contributed by atoms with E-state index in [0.29, 0.717) is 6.04 Å². The van der Waals surface area contributed by atoms with Gasteiger partial charge in [-0.1, -0.05) is 65.2 Å². The molecule has 126 valence electrons. The number of nitrogens with one attached hydrogen (secondary N) is 1. The summed E-state index contributed by atoms with van der Waals surface area (Å²) in [4.78, 5) is 0. The summed E-state index contributed by atoms with van der Waals surface area (Å²) in [5, 5.41) is 0. The van der Waals surface area contributed by atoms with Gasteiger partial charge in [-0.15, -0.1) is 0 Å². The van der Waals surface area contributed by atoms with Gasteiger partial charge in [0.1, 0.15) is 0 Å². The molecule has 0 radical (unpaired) electrons. The van der Waals surface area contributed by atoms with Gasteiger partial charge in [0.15, 0.2) is 0 Å². The quantitative estimate of drug-likeness (QED) is 0.353. The first-order valence-electron chi connectivity index (χ1n) is 9.32. The van der Waals surface area contributed by atoms with E-state index in [0.717, 1.165) is 18.9 Å². The molecule has 3 N–H and O–H groups in total. The van der Waals surface area contributed by atoms with E-state index >= 15 is 0 Å². The summed E-state index contributed by atoms with van der Waals surface area (Å²) in [6, 6.07) is 0.303. The highest BCUT2D eigenvalue weighted by Gasteiger charge is 2.40. The lowest BCUT2D eigenvalue weighted by Crippen LogP contribution is -2.55. The van der Waals surface area contributed by atoms with Crippen LogP contribution in [0.25, 0.3) is 0 Å². The molecule has 0 aromatic heterocycles. The fourth-order valence-electron chi connectivity index (χ4n) is 3.96. The van der Waals surface area contributed by atoms with Crippen LogP contribution in [0.5, 0.6) is 0 Å².